The Morgan fingerprint density at radius 1 is 0.400 bits per heavy atom. The van der Waals surface area contributed by atoms with Crippen molar-refractivity contribution in [2.45, 2.75) is 58.8 Å². The maximum absolute atomic E-state index is 2.61. The van der Waals surface area contributed by atoms with Gasteiger partial charge in [0.2, 0.25) is 0 Å². The second-order valence-corrected chi connectivity index (χ2v) is 21.1. The highest BCUT2D eigenvalue weighted by Crippen LogP contribution is 2.66. The predicted molar refractivity (Wildman–Crippen MR) is 297 cm³/mol. The van der Waals surface area contributed by atoms with Crippen molar-refractivity contribution in [2.24, 2.45) is 23.7 Å². The molecule has 3 aliphatic rings. The van der Waals surface area contributed by atoms with Crippen LogP contribution in [0, 0.1) is 37.5 Å². The lowest BCUT2D eigenvalue weighted by atomic mass is 9.49. The van der Waals surface area contributed by atoms with E-state index in [0.717, 1.165) is 23.2 Å². The minimum absolute atomic E-state index is 0.0158. The molecule has 0 amide bonds. The van der Waals surface area contributed by atoms with Crippen molar-refractivity contribution in [3.8, 4) is 55.6 Å². The van der Waals surface area contributed by atoms with Crippen LogP contribution in [0.15, 0.2) is 212 Å². The van der Waals surface area contributed by atoms with E-state index in [1.165, 1.54) is 120 Å². The van der Waals surface area contributed by atoms with Crippen molar-refractivity contribution in [3.05, 3.63) is 235 Å². The number of nitrogens with zero attached hydrogens (tertiary/aromatic N) is 1. The molecular weight excluding hydrogens is 843 g/mol. The van der Waals surface area contributed by atoms with Gasteiger partial charge in [-0.2, -0.15) is 0 Å². The van der Waals surface area contributed by atoms with Crippen LogP contribution in [0.2, 0.25) is 0 Å². The molecule has 3 aliphatic carbocycles. The monoisotopic (exact) mass is 901 g/mol. The maximum atomic E-state index is 2.61. The van der Waals surface area contributed by atoms with Gasteiger partial charge in [-0.25, -0.2) is 0 Å². The Morgan fingerprint density at radius 2 is 0.986 bits per heavy atom. The fourth-order valence-electron chi connectivity index (χ4n) is 14.4. The molecule has 0 saturated heterocycles. The zero-order chi connectivity index (χ0) is 47.1. The number of hydrogen-bond donors (Lipinski definition) is 0. The molecule has 5 unspecified atom stereocenters. The molecule has 1 heteroatoms. The van der Waals surface area contributed by atoms with Gasteiger partial charge in [0.1, 0.15) is 0 Å². The van der Waals surface area contributed by atoms with E-state index in [1.54, 1.807) is 11.1 Å². The Hall–Kier alpha value is -7.48. The van der Waals surface area contributed by atoms with Gasteiger partial charge in [-0.15, -0.1) is 0 Å². The normalized spacial score (nSPS) is 20.1. The largest absolute Gasteiger partial charge is 0.309 e. The molecule has 0 aromatic heterocycles. The second-order valence-electron chi connectivity index (χ2n) is 21.1. The van der Waals surface area contributed by atoms with Gasteiger partial charge >= 0.3 is 0 Å². The summed E-state index contributed by atoms with van der Waals surface area (Å²) in [7, 11) is 0. The molecule has 2 bridgehead atoms. The van der Waals surface area contributed by atoms with Gasteiger partial charge in [-0.05, 0) is 164 Å². The Morgan fingerprint density at radius 3 is 1.71 bits per heavy atom. The Balaban J connectivity index is 1.11. The number of benzene rings is 10. The van der Waals surface area contributed by atoms with E-state index >= 15 is 0 Å². The van der Waals surface area contributed by atoms with E-state index in [4.69, 9.17) is 0 Å². The molecule has 340 valence electrons. The zero-order valence-electron chi connectivity index (χ0n) is 40.8. The average Bonchev–Trinajstić information content (AvgIpc) is 3.70. The summed E-state index contributed by atoms with van der Waals surface area (Å²) in [5, 5.41) is 4.90. The topological polar surface area (TPSA) is 3.24 Å². The summed E-state index contributed by atoms with van der Waals surface area (Å²) in [4.78, 5) is 2.61. The summed E-state index contributed by atoms with van der Waals surface area (Å²) < 4.78 is 0. The van der Waals surface area contributed by atoms with Crippen molar-refractivity contribution in [2.75, 3.05) is 4.90 Å². The van der Waals surface area contributed by atoms with Crippen LogP contribution in [0.5, 0.6) is 0 Å². The second kappa shape index (κ2) is 16.9. The molecule has 70 heavy (non-hydrogen) atoms. The van der Waals surface area contributed by atoms with Crippen LogP contribution in [0.3, 0.4) is 0 Å². The third-order valence-corrected chi connectivity index (χ3v) is 17.0. The maximum Gasteiger partial charge on any atom is 0.0619 e. The molecule has 0 aliphatic heterocycles. The van der Waals surface area contributed by atoms with Gasteiger partial charge in [0.15, 0.2) is 0 Å². The molecule has 2 saturated carbocycles. The van der Waals surface area contributed by atoms with E-state index in [9.17, 15) is 0 Å². The third kappa shape index (κ3) is 6.51. The summed E-state index contributed by atoms with van der Waals surface area (Å²) >= 11 is 0. The van der Waals surface area contributed by atoms with Gasteiger partial charge in [0.25, 0.3) is 0 Å². The lowest BCUT2D eigenvalue weighted by molar-refractivity contribution is 0.0426. The van der Waals surface area contributed by atoms with Gasteiger partial charge in [-0.3, -0.25) is 0 Å². The average molecular weight is 902 g/mol. The number of rotatable bonds is 7. The van der Waals surface area contributed by atoms with E-state index in [2.05, 4.69) is 245 Å². The smallest absolute Gasteiger partial charge is 0.0619 e. The Bertz CT molecular complexity index is 3580. The van der Waals surface area contributed by atoms with Gasteiger partial charge < -0.3 is 4.90 Å². The third-order valence-electron chi connectivity index (χ3n) is 17.0. The first kappa shape index (κ1) is 42.6. The van der Waals surface area contributed by atoms with Crippen molar-refractivity contribution in [1.82, 2.24) is 0 Å². The molecule has 13 rings (SSSR count). The summed E-state index contributed by atoms with van der Waals surface area (Å²) in [6.45, 7) is 9.63. The highest BCUT2D eigenvalue weighted by Gasteiger charge is 2.57. The van der Waals surface area contributed by atoms with Crippen molar-refractivity contribution >= 4 is 38.6 Å². The summed E-state index contributed by atoms with van der Waals surface area (Å²) in [5.74, 6) is 2.80. The van der Waals surface area contributed by atoms with Gasteiger partial charge in [0, 0.05) is 27.4 Å². The first-order valence-corrected chi connectivity index (χ1v) is 25.8. The summed E-state index contributed by atoms with van der Waals surface area (Å²) in [5.41, 5.74) is 22.0. The fraction of sp³-hybridized carbons (Fsp3) is 0.188. The molecule has 0 heterocycles. The standard InChI is InChI=1S/C69H59N/c1-44-39-48-41-47(4)69(51(40-44)42-48)62-34-18-17-32-60(62)67-55(33-20-35-63(67)69)54-38-37-52(43-61(54)49-23-7-5-8-24-49)70(64-36-19-22-46(3)65(64)53-27-12-11-21-45(53)2)68-58-30-15-13-28-56(58)66(50-25-9-6-10-26-50)57-29-14-16-31-59(57)68/h5-38,43-44,47-48,51H,39-42H2,1-4H3. The summed E-state index contributed by atoms with van der Waals surface area (Å²) in [6, 6.07) is 80.3. The van der Waals surface area contributed by atoms with Crippen molar-refractivity contribution in [3.63, 3.8) is 0 Å². The lowest BCUT2D eigenvalue weighted by Crippen LogP contribution is -2.49. The molecule has 2 fully saturated rings. The molecule has 10 aromatic rings. The first-order chi connectivity index (χ1) is 34.4. The quantitative estimate of drug-likeness (QED) is 0.144. The highest BCUT2D eigenvalue weighted by atomic mass is 15.1. The van der Waals surface area contributed by atoms with Crippen LogP contribution in [0.1, 0.15) is 61.8 Å². The molecule has 10 aromatic carbocycles. The number of hydrogen-bond acceptors (Lipinski definition) is 1. The first-order valence-electron chi connectivity index (χ1n) is 25.8. The van der Waals surface area contributed by atoms with Crippen LogP contribution in [0.4, 0.5) is 17.1 Å². The highest BCUT2D eigenvalue weighted by molar-refractivity contribution is 6.23. The van der Waals surface area contributed by atoms with E-state index < -0.39 is 0 Å². The van der Waals surface area contributed by atoms with Crippen molar-refractivity contribution in [1.29, 1.82) is 0 Å². The van der Waals surface area contributed by atoms with Crippen LogP contribution in [-0.2, 0) is 5.41 Å². The van der Waals surface area contributed by atoms with Crippen LogP contribution in [-0.4, -0.2) is 0 Å². The van der Waals surface area contributed by atoms with Crippen LogP contribution < -0.4 is 4.90 Å². The molecule has 0 N–H and O–H groups in total. The number of anilines is 3. The molecule has 0 radical (unpaired) electrons. The number of fused-ring (bicyclic) bond motifs is 10. The van der Waals surface area contributed by atoms with E-state index in [0.29, 0.717) is 11.8 Å². The van der Waals surface area contributed by atoms with E-state index in [1.807, 2.05) is 0 Å². The lowest BCUT2D eigenvalue weighted by Gasteiger charge is -2.54. The minimum atomic E-state index is 0.0158. The van der Waals surface area contributed by atoms with E-state index in [-0.39, 0.29) is 5.41 Å². The zero-order valence-corrected chi connectivity index (χ0v) is 40.8. The molecular formula is C69H59N. The van der Waals surface area contributed by atoms with Crippen LogP contribution >= 0.6 is 0 Å². The molecule has 1 nitrogen and oxygen atoms in total. The van der Waals surface area contributed by atoms with Crippen LogP contribution in [0.25, 0.3) is 77.2 Å². The molecule has 1 spiro atoms. The molecule has 5 atom stereocenters. The minimum Gasteiger partial charge on any atom is -0.309 e. The fourth-order valence-corrected chi connectivity index (χ4v) is 14.4. The van der Waals surface area contributed by atoms with Crippen molar-refractivity contribution < 1.29 is 0 Å². The van der Waals surface area contributed by atoms with Gasteiger partial charge in [-0.1, -0.05) is 208 Å². The Labute approximate surface area is 414 Å². The Kier molecular flexibility index (Phi) is 10.3. The van der Waals surface area contributed by atoms with Gasteiger partial charge in [0.05, 0.1) is 11.4 Å². The predicted octanol–water partition coefficient (Wildman–Crippen LogP) is 19.1. The summed E-state index contributed by atoms with van der Waals surface area (Å²) in [6.07, 6.45) is 5.33. The SMILES string of the molecule is Cc1ccccc1-c1c(C)cccc1N(c1ccc(-c2cccc3c2-c2ccccc2C32C(C)CC3CC(C)CC2C3)c(-c2ccccc2)c1)c1c2ccccc2c(-c2ccccc2)c2ccccc12. The number of aryl methyl sites for hydroxylation is 2.